The molecular formula is C20H22F3N5O2. The van der Waals surface area contributed by atoms with Crippen molar-refractivity contribution in [1.29, 1.82) is 5.41 Å². The minimum atomic E-state index is -4.35. The summed E-state index contributed by atoms with van der Waals surface area (Å²) in [5, 5.41) is 14.4. The number of piperidine rings is 1. The maximum atomic E-state index is 13.2. The van der Waals surface area contributed by atoms with Gasteiger partial charge in [0.1, 0.15) is 5.76 Å². The Morgan fingerprint density at radius 2 is 2.17 bits per heavy atom. The lowest BCUT2D eigenvalue weighted by Crippen LogP contribution is -2.45. The Kier molecular flexibility index (Phi) is 6.53. The summed E-state index contributed by atoms with van der Waals surface area (Å²) in [7, 11) is 0. The van der Waals surface area contributed by atoms with E-state index in [0.29, 0.717) is 36.4 Å². The van der Waals surface area contributed by atoms with Crippen LogP contribution in [0.15, 0.2) is 40.0 Å². The first-order chi connectivity index (χ1) is 14.3. The number of halogens is 3. The predicted molar refractivity (Wildman–Crippen MR) is 106 cm³/mol. The zero-order chi connectivity index (χ0) is 21.7. The molecule has 0 spiro atoms. The molecule has 7 nitrogen and oxygen atoms in total. The first kappa shape index (κ1) is 21.5. The highest BCUT2D eigenvalue weighted by Crippen LogP contribution is 2.33. The van der Waals surface area contributed by atoms with Gasteiger partial charge in [-0.05, 0) is 31.9 Å². The number of likely N-dealkylation sites (tertiary alicyclic amines) is 1. The van der Waals surface area contributed by atoms with Gasteiger partial charge in [-0.2, -0.15) is 18.3 Å². The maximum absolute atomic E-state index is 13.2. The predicted octanol–water partition coefficient (Wildman–Crippen LogP) is 4.23. The van der Waals surface area contributed by atoms with E-state index in [2.05, 4.69) is 15.7 Å². The third-order valence-corrected chi connectivity index (χ3v) is 5.00. The number of carbonyl (C=O) groups is 1. The number of carbonyl (C=O) groups excluding carboxylic acids is 1. The van der Waals surface area contributed by atoms with Crippen molar-refractivity contribution in [2.75, 3.05) is 12.0 Å². The van der Waals surface area contributed by atoms with Gasteiger partial charge in [-0.3, -0.25) is 10.2 Å². The second-order valence-corrected chi connectivity index (χ2v) is 7.20. The minimum absolute atomic E-state index is 0.0375. The summed E-state index contributed by atoms with van der Waals surface area (Å²) in [5.41, 5.74) is 3.51. The van der Waals surface area contributed by atoms with Crippen LogP contribution in [0, 0.1) is 5.41 Å². The van der Waals surface area contributed by atoms with Crippen LogP contribution in [0.3, 0.4) is 0 Å². The van der Waals surface area contributed by atoms with Crippen molar-refractivity contribution in [2.45, 2.75) is 44.3 Å². The summed E-state index contributed by atoms with van der Waals surface area (Å²) in [6.45, 7) is 2.26. The van der Waals surface area contributed by atoms with Crippen molar-refractivity contribution in [3.05, 3.63) is 47.3 Å². The number of benzene rings is 1. The number of anilines is 1. The van der Waals surface area contributed by atoms with Crippen molar-refractivity contribution in [1.82, 2.24) is 10.1 Å². The highest BCUT2D eigenvalue weighted by Gasteiger charge is 2.34. The van der Waals surface area contributed by atoms with E-state index in [0.717, 1.165) is 6.21 Å². The Bertz CT molecular complexity index is 925. The molecule has 1 fully saturated rings. The monoisotopic (exact) mass is 421 g/mol. The summed E-state index contributed by atoms with van der Waals surface area (Å²) < 4.78 is 42.9. The van der Waals surface area contributed by atoms with E-state index < -0.39 is 12.6 Å². The lowest BCUT2D eigenvalue weighted by molar-refractivity contribution is -0.128. The molecule has 1 saturated heterocycles. The second-order valence-electron chi connectivity index (χ2n) is 7.20. The molecule has 0 radical (unpaired) electrons. The van der Waals surface area contributed by atoms with Crippen molar-refractivity contribution >= 4 is 24.0 Å². The van der Waals surface area contributed by atoms with E-state index in [1.54, 1.807) is 29.2 Å². The van der Waals surface area contributed by atoms with Gasteiger partial charge in [0, 0.05) is 30.8 Å². The van der Waals surface area contributed by atoms with E-state index >= 15 is 0 Å². The molecule has 10 heteroatoms. The third-order valence-electron chi connectivity index (χ3n) is 5.00. The van der Waals surface area contributed by atoms with Gasteiger partial charge < -0.3 is 14.8 Å². The van der Waals surface area contributed by atoms with Crippen LogP contribution in [-0.2, 0) is 6.42 Å². The van der Waals surface area contributed by atoms with Gasteiger partial charge in [0.25, 0.3) is 5.91 Å². The van der Waals surface area contributed by atoms with Crippen LogP contribution in [-0.4, -0.2) is 47.2 Å². The smallest absolute Gasteiger partial charge is 0.361 e. The minimum Gasteiger partial charge on any atom is -0.361 e. The molecule has 160 valence electrons. The lowest BCUT2D eigenvalue weighted by atomic mass is 9.90. The summed E-state index contributed by atoms with van der Waals surface area (Å²) in [6, 6.07) is 8.18. The largest absolute Gasteiger partial charge is 0.394 e. The zero-order valence-corrected chi connectivity index (χ0v) is 16.3. The number of alkyl halides is 3. The van der Waals surface area contributed by atoms with Crippen molar-refractivity contribution in [3.8, 4) is 0 Å². The Morgan fingerprint density at radius 3 is 2.90 bits per heavy atom. The maximum Gasteiger partial charge on any atom is 0.394 e. The van der Waals surface area contributed by atoms with Crippen LogP contribution in [0.4, 0.5) is 18.9 Å². The van der Waals surface area contributed by atoms with Gasteiger partial charge in [0.2, 0.25) is 0 Å². The molecule has 2 heterocycles. The van der Waals surface area contributed by atoms with E-state index in [4.69, 9.17) is 9.93 Å². The van der Waals surface area contributed by atoms with Crippen LogP contribution >= 0.6 is 0 Å². The van der Waals surface area contributed by atoms with Gasteiger partial charge in [0.15, 0.2) is 0 Å². The Hall–Kier alpha value is -3.17. The molecule has 0 bridgehead atoms. The van der Waals surface area contributed by atoms with Gasteiger partial charge in [-0.25, -0.2) is 0 Å². The molecule has 3 rings (SSSR count). The number of nitrogens with one attached hydrogen (secondary N) is 2. The van der Waals surface area contributed by atoms with E-state index in [1.807, 2.05) is 6.92 Å². The van der Waals surface area contributed by atoms with Crippen LogP contribution in [0.25, 0.3) is 0 Å². The SMILES string of the molecule is C[C@@H]1CC[C@@H](c2cc(CC(F)(F)F)no2)CN1C(=O)c1ccccc1N/N=C\C=N. The molecular weight excluding hydrogens is 399 g/mol. The lowest BCUT2D eigenvalue weighted by Gasteiger charge is -2.37. The number of hydrogen-bond donors (Lipinski definition) is 2. The van der Waals surface area contributed by atoms with Crippen LogP contribution in [0.5, 0.6) is 0 Å². The molecule has 0 aliphatic carbocycles. The Balaban J connectivity index is 1.77. The average Bonchev–Trinajstić information content (AvgIpc) is 3.15. The van der Waals surface area contributed by atoms with Crippen LogP contribution in [0.2, 0.25) is 0 Å². The molecule has 2 aromatic rings. The first-order valence-corrected chi connectivity index (χ1v) is 9.49. The van der Waals surface area contributed by atoms with E-state index in [9.17, 15) is 18.0 Å². The highest BCUT2D eigenvalue weighted by molar-refractivity contribution is 6.14. The van der Waals surface area contributed by atoms with Crippen molar-refractivity contribution in [2.24, 2.45) is 5.10 Å². The number of hydrogen-bond acceptors (Lipinski definition) is 6. The molecule has 0 saturated carbocycles. The topological polar surface area (TPSA) is 94.6 Å². The fourth-order valence-corrected chi connectivity index (χ4v) is 3.50. The number of aromatic nitrogens is 1. The zero-order valence-electron chi connectivity index (χ0n) is 16.3. The first-order valence-electron chi connectivity index (χ1n) is 9.49. The highest BCUT2D eigenvalue weighted by atomic mass is 19.4. The number of para-hydroxylation sites is 1. The quantitative estimate of drug-likeness (QED) is 0.539. The molecule has 2 N–H and O–H groups in total. The number of nitrogens with zero attached hydrogens (tertiary/aromatic N) is 3. The molecule has 1 aliphatic rings. The van der Waals surface area contributed by atoms with Crippen LogP contribution in [0.1, 0.15) is 47.5 Å². The number of amides is 1. The standard InChI is InChI=1S/C20H22F3N5O2/c1-13-6-7-14(18-10-15(27-30-18)11-20(21,22)23)12-28(13)19(29)16-4-2-3-5-17(16)26-25-9-8-24/h2-5,8-10,13-14,24,26H,6-7,11-12H2,1H3/b24-8?,25-9-/t13-,14-/m1/s1. The summed E-state index contributed by atoms with van der Waals surface area (Å²) in [6.07, 6.45) is -1.85. The fraction of sp³-hybridized carbons (Fsp3) is 0.400. The molecule has 1 aliphatic heterocycles. The summed E-state index contributed by atoms with van der Waals surface area (Å²) in [5.74, 6) is -0.0768. The fourth-order valence-electron chi connectivity index (χ4n) is 3.50. The average molecular weight is 421 g/mol. The summed E-state index contributed by atoms with van der Waals surface area (Å²) >= 11 is 0. The van der Waals surface area contributed by atoms with E-state index in [1.165, 1.54) is 12.3 Å². The summed E-state index contributed by atoms with van der Waals surface area (Å²) in [4.78, 5) is 14.9. The number of hydrazone groups is 1. The van der Waals surface area contributed by atoms with Crippen LogP contribution < -0.4 is 5.43 Å². The Labute approximate surface area is 171 Å². The van der Waals surface area contributed by atoms with Crippen molar-refractivity contribution < 1.29 is 22.5 Å². The molecule has 0 unspecified atom stereocenters. The Morgan fingerprint density at radius 1 is 1.40 bits per heavy atom. The molecule has 2 atom stereocenters. The second kappa shape index (κ2) is 9.10. The van der Waals surface area contributed by atoms with Gasteiger partial charge in [-0.1, -0.05) is 17.3 Å². The van der Waals surface area contributed by atoms with E-state index in [-0.39, 0.29) is 23.6 Å². The molecule has 1 amide bonds. The third kappa shape index (κ3) is 5.25. The van der Waals surface area contributed by atoms with Gasteiger partial charge in [-0.15, -0.1) is 0 Å². The number of rotatable bonds is 6. The molecule has 1 aromatic heterocycles. The normalized spacial score (nSPS) is 19.8. The van der Waals surface area contributed by atoms with Gasteiger partial charge in [0.05, 0.1) is 29.6 Å². The molecule has 30 heavy (non-hydrogen) atoms. The van der Waals surface area contributed by atoms with Gasteiger partial charge >= 0.3 is 6.18 Å². The van der Waals surface area contributed by atoms with Crippen molar-refractivity contribution in [3.63, 3.8) is 0 Å². The molecule has 1 aromatic carbocycles.